The summed E-state index contributed by atoms with van der Waals surface area (Å²) < 4.78 is 5.03. The van der Waals surface area contributed by atoms with Crippen molar-refractivity contribution in [2.45, 2.75) is 25.7 Å². The molecule has 2 aliphatic carbocycles. The summed E-state index contributed by atoms with van der Waals surface area (Å²) in [5, 5.41) is 8.90. The lowest BCUT2D eigenvalue weighted by atomic mass is 9.66. The molecule has 1 N–H and O–H groups in total. The van der Waals surface area contributed by atoms with Gasteiger partial charge in [-0.25, -0.2) is 0 Å². The smallest absolute Gasteiger partial charge is 0.0710 e. The molecule has 0 bridgehead atoms. The molecule has 11 aromatic rings. The fourth-order valence-corrected chi connectivity index (χ4v) is 12.8. The molecule has 0 fully saturated rings. The lowest BCUT2D eigenvalue weighted by Gasteiger charge is -2.35. The summed E-state index contributed by atoms with van der Waals surface area (Å²) in [6, 6.07) is 79.3. The second kappa shape index (κ2) is 19.0. The minimum atomic E-state index is -0.341. The molecule has 2 nitrogen and oxygen atoms in total. The van der Waals surface area contributed by atoms with Crippen LogP contribution in [0.5, 0.6) is 0 Å². The van der Waals surface area contributed by atoms with Gasteiger partial charge in [0.2, 0.25) is 0 Å². The molecule has 0 radical (unpaired) electrons. The second-order valence-electron chi connectivity index (χ2n) is 18.9. The van der Waals surface area contributed by atoms with Crippen molar-refractivity contribution in [1.82, 2.24) is 4.57 Å². The van der Waals surface area contributed by atoms with E-state index in [2.05, 4.69) is 266 Å². The van der Waals surface area contributed by atoms with E-state index in [9.17, 15) is 0 Å². The number of aromatic nitrogens is 1. The highest BCUT2D eigenvalue weighted by atomic mass is 32.1. The number of nitrogens with zero attached hydrogens (tertiary/aromatic N) is 1. The molecule has 9 aromatic carbocycles. The van der Waals surface area contributed by atoms with E-state index in [-0.39, 0.29) is 5.41 Å². The Hall–Kier alpha value is -8.50. The summed E-state index contributed by atoms with van der Waals surface area (Å²) in [5.41, 5.74) is 18.6. The molecule has 0 spiro atoms. The Kier molecular flexibility index (Phi) is 11.8. The zero-order valence-corrected chi connectivity index (χ0v) is 41.4. The van der Waals surface area contributed by atoms with Crippen LogP contribution in [0.25, 0.3) is 69.9 Å². The van der Waals surface area contributed by atoms with E-state index >= 15 is 0 Å². The van der Waals surface area contributed by atoms with Gasteiger partial charge >= 0.3 is 0 Å². The van der Waals surface area contributed by atoms with Crippen LogP contribution in [0.3, 0.4) is 0 Å². The first-order chi connectivity index (χ1) is 35.5. The van der Waals surface area contributed by atoms with Gasteiger partial charge < -0.3 is 9.88 Å². The molecular weight excluding hydrogens is 889 g/mol. The first-order valence-electron chi connectivity index (χ1n) is 25.0. The topological polar surface area (TPSA) is 17.0 Å². The first kappa shape index (κ1) is 44.7. The number of anilines is 2. The maximum absolute atomic E-state index is 3.85. The zero-order valence-electron chi connectivity index (χ0n) is 40.6. The highest BCUT2D eigenvalue weighted by Crippen LogP contribution is 2.58. The van der Waals surface area contributed by atoms with Gasteiger partial charge in [-0.2, -0.15) is 0 Å². The Morgan fingerprint density at radius 3 is 1.96 bits per heavy atom. The van der Waals surface area contributed by atoms with Crippen LogP contribution in [0, 0.1) is 5.92 Å². The third kappa shape index (κ3) is 7.65. The third-order valence-electron chi connectivity index (χ3n) is 14.7. The van der Waals surface area contributed by atoms with Gasteiger partial charge in [0.15, 0.2) is 0 Å². The molecule has 346 valence electrons. The number of allylic oxidation sites excluding steroid dienone is 9. The van der Waals surface area contributed by atoms with Gasteiger partial charge in [-0.05, 0) is 130 Å². The lowest BCUT2D eigenvalue weighted by Crippen LogP contribution is -2.29. The maximum Gasteiger partial charge on any atom is 0.0710 e. The predicted molar refractivity (Wildman–Crippen MR) is 311 cm³/mol. The Morgan fingerprint density at radius 2 is 1.22 bits per heavy atom. The van der Waals surface area contributed by atoms with Crippen LogP contribution in [-0.4, -0.2) is 4.57 Å². The van der Waals surface area contributed by atoms with Crippen molar-refractivity contribution >= 4 is 75.8 Å². The van der Waals surface area contributed by atoms with Crippen molar-refractivity contribution in [2.24, 2.45) is 5.92 Å². The summed E-state index contributed by atoms with van der Waals surface area (Å²) >= 11 is 1.88. The molecule has 2 heterocycles. The summed E-state index contributed by atoms with van der Waals surface area (Å²) in [6.07, 6.45) is 13.9. The van der Waals surface area contributed by atoms with Gasteiger partial charge in [0.05, 0.1) is 16.4 Å². The van der Waals surface area contributed by atoms with Crippen LogP contribution < -0.4 is 5.32 Å². The minimum absolute atomic E-state index is 0.341. The lowest BCUT2D eigenvalue weighted by molar-refractivity contribution is 0.722. The monoisotopic (exact) mass is 942 g/mol. The van der Waals surface area contributed by atoms with Crippen molar-refractivity contribution in [1.29, 1.82) is 0 Å². The quantitative estimate of drug-likeness (QED) is 0.143. The van der Waals surface area contributed by atoms with Crippen molar-refractivity contribution in [3.8, 4) is 16.8 Å². The summed E-state index contributed by atoms with van der Waals surface area (Å²) in [5.74, 6) is 0.488. The Bertz CT molecular complexity index is 3900. The SMILES string of the molecule is C=C/C=C(\C=C/C)c1cccc(-n2c3ccccc3c3ccccc32)c1.CC1CC=CC2=C1c1ccccc1C2(c1ccccc1)c1ccc(Nc2ccc(-c3cccc4c3sc3ccccc34)cc2)cc1. The van der Waals surface area contributed by atoms with E-state index in [0.29, 0.717) is 5.92 Å². The van der Waals surface area contributed by atoms with Crippen LogP contribution in [-0.2, 0) is 5.41 Å². The highest BCUT2D eigenvalue weighted by molar-refractivity contribution is 7.26. The first-order valence-corrected chi connectivity index (χ1v) is 25.9. The molecule has 3 heteroatoms. The normalized spacial score (nSPS) is 16.3. The molecule has 2 aromatic heterocycles. The number of rotatable bonds is 9. The van der Waals surface area contributed by atoms with Crippen LogP contribution in [0.1, 0.15) is 48.1 Å². The average molecular weight is 943 g/mol. The minimum Gasteiger partial charge on any atom is -0.356 e. The van der Waals surface area contributed by atoms with Crippen LogP contribution >= 0.6 is 11.3 Å². The summed E-state index contributed by atoms with van der Waals surface area (Å²) in [4.78, 5) is 0. The molecule has 72 heavy (non-hydrogen) atoms. The van der Waals surface area contributed by atoms with Crippen molar-refractivity contribution in [3.63, 3.8) is 0 Å². The van der Waals surface area contributed by atoms with Gasteiger partial charge in [-0.3, -0.25) is 0 Å². The van der Waals surface area contributed by atoms with Crippen molar-refractivity contribution in [3.05, 3.63) is 295 Å². The van der Waals surface area contributed by atoms with Crippen molar-refractivity contribution in [2.75, 3.05) is 5.32 Å². The number of thiophene rings is 1. The fourth-order valence-electron chi connectivity index (χ4n) is 11.5. The third-order valence-corrected chi connectivity index (χ3v) is 15.9. The summed E-state index contributed by atoms with van der Waals surface area (Å²) in [6.45, 7) is 8.26. The molecule has 0 saturated heterocycles. The Morgan fingerprint density at radius 1 is 0.611 bits per heavy atom. The van der Waals surface area contributed by atoms with Gasteiger partial charge in [-0.15, -0.1) is 11.3 Å². The van der Waals surface area contributed by atoms with Gasteiger partial charge in [0.1, 0.15) is 0 Å². The van der Waals surface area contributed by atoms with E-state index in [0.717, 1.165) is 23.4 Å². The number of para-hydroxylation sites is 2. The van der Waals surface area contributed by atoms with E-state index in [4.69, 9.17) is 0 Å². The molecule has 0 aliphatic heterocycles. The van der Waals surface area contributed by atoms with Gasteiger partial charge in [-0.1, -0.05) is 214 Å². The van der Waals surface area contributed by atoms with E-state index in [1.807, 2.05) is 30.4 Å². The maximum atomic E-state index is 3.85. The summed E-state index contributed by atoms with van der Waals surface area (Å²) in [7, 11) is 0. The number of fused-ring (bicyclic) bond motifs is 8. The largest absolute Gasteiger partial charge is 0.356 e. The van der Waals surface area contributed by atoms with E-state index < -0.39 is 0 Å². The molecule has 0 amide bonds. The average Bonchev–Trinajstić information content (AvgIpc) is 4.09. The Labute approximate surface area is 426 Å². The number of nitrogens with one attached hydrogen (secondary N) is 1. The highest BCUT2D eigenvalue weighted by Gasteiger charge is 2.48. The standard InChI is InChI=1S/C44H33NS.C25H21N/c1-29-11-9-19-40-42(29)38-15-5-7-18-39(38)44(40,31-12-3-2-4-13-31)32-23-27-34(28-24-32)45-33-25-21-30(22-26-33)35-16-10-17-37-36-14-6-8-20-41(36)46-43(35)37;1-3-10-19(11-4-2)20-12-9-13-21(18-20)26-24-16-7-5-14-22(24)23-15-6-8-17-25(23)26/h2-10,12-29,45H,11H2,1H3;3-18H,1H2,2H3/b;11-4-,19-10+. The van der Waals surface area contributed by atoms with Crippen LogP contribution in [0.15, 0.2) is 267 Å². The number of hydrogen-bond acceptors (Lipinski definition) is 2. The molecular formula is C69H54N2S. The molecule has 13 rings (SSSR count). The van der Waals surface area contributed by atoms with Gasteiger partial charge in [0, 0.05) is 48.0 Å². The fraction of sp³-hybridized carbons (Fsp3) is 0.0725. The van der Waals surface area contributed by atoms with Crippen LogP contribution in [0.4, 0.5) is 11.4 Å². The Balaban J connectivity index is 0.000000173. The predicted octanol–water partition coefficient (Wildman–Crippen LogP) is 19.1. The second-order valence-corrected chi connectivity index (χ2v) is 19.9. The molecule has 2 aliphatic rings. The molecule has 0 saturated carbocycles. The molecule has 2 unspecified atom stereocenters. The van der Waals surface area contributed by atoms with Crippen molar-refractivity contribution < 1.29 is 0 Å². The van der Waals surface area contributed by atoms with E-state index in [1.54, 1.807) is 0 Å². The van der Waals surface area contributed by atoms with E-state index in [1.165, 1.54) is 97.8 Å². The number of benzene rings is 9. The number of hydrogen-bond donors (Lipinski definition) is 1. The molecule has 2 atom stereocenters. The van der Waals surface area contributed by atoms with Gasteiger partial charge in [0.25, 0.3) is 0 Å². The van der Waals surface area contributed by atoms with Crippen LogP contribution in [0.2, 0.25) is 0 Å². The zero-order chi connectivity index (χ0) is 48.6.